The number of hydrogen-bond donors (Lipinski definition) is 2. The molecule has 5 nitrogen and oxygen atoms in total. The van der Waals surface area contributed by atoms with Gasteiger partial charge < -0.3 is 15.2 Å². The molecule has 0 bridgehead atoms. The molecule has 0 aromatic carbocycles. The number of aliphatic imine (C=N–C) groups is 1. The van der Waals surface area contributed by atoms with Crippen LogP contribution in [0.4, 0.5) is 0 Å². The van der Waals surface area contributed by atoms with Crippen LogP contribution >= 0.6 is 24.0 Å². The van der Waals surface area contributed by atoms with Gasteiger partial charge in [0.2, 0.25) is 0 Å². The minimum atomic E-state index is 0. The fourth-order valence-corrected chi connectivity index (χ4v) is 2.79. The molecule has 0 spiro atoms. The number of nitrogens with one attached hydrogen (secondary N) is 2. The summed E-state index contributed by atoms with van der Waals surface area (Å²) in [5.41, 5.74) is 0.884. The zero-order chi connectivity index (χ0) is 14.0. The Hall–Kier alpha value is -0.790. The fourth-order valence-electron chi connectivity index (χ4n) is 2.79. The number of guanidine groups is 1. The Balaban J connectivity index is 0.00000220. The molecule has 0 unspecified atom stereocenters. The molecular formula is C15H27IN4O. The van der Waals surface area contributed by atoms with Gasteiger partial charge in [0.05, 0.1) is 6.54 Å². The molecule has 0 aliphatic heterocycles. The van der Waals surface area contributed by atoms with Crippen LogP contribution in [0.5, 0.6) is 0 Å². The second-order valence-corrected chi connectivity index (χ2v) is 5.49. The summed E-state index contributed by atoms with van der Waals surface area (Å²) in [6.45, 7) is 1.61. The first-order valence-corrected chi connectivity index (χ1v) is 7.72. The van der Waals surface area contributed by atoms with Crippen molar-refractivity contribution in [2.45, 2.75) is 51.5 Å². The topological polar surface area (TPSA) is 62.5 Å². The molecule has 2 N–H and O–H groups in total. The predicted octanol–water partition coefficient (Wildman–Crippen LogP) is 3.32. The molecule has 1 aromatic rings. The minimum absolute atomic E-state index is 0. The highest BCUT2D eigenvalue weighted by Gasteiger charge is 2.13. The molecule has 120 valence electrons. The third-order valence-electron chi connectivity index (χ3n) is 3.96. The van der Waals surface area contributed by atoms with E-state index in [1.807, 2.05) is 6.07 Å². The summed E-state index contributed by atoms with van der Waals surface area (Å²) >= 11 is 0. The van der Waals surface area contributed by atoms with Crippen LogP contribution in [0.2, 0.25) is 0 Å². The van der Waals surface area contributed by atoms with Crippen molar-refractivity contribution >= 4 is 29.9 Å². The first-order chi connectivity index (χ1) is 9.88. The van der Waals surface area contributed by atoms with Crippen LogP contribution in [-0.4, -0.2) is 24.7 Å². The first-order valence-electron chi connectivity index (χ1n) is 7.72. The molecular weight excluding hydrogens is 379 g/mol. The van der Waals surface area contributed by atoms with Gasteiger partial charge in [0.1, 0.15) is 12.0 Å². The normalized spacial score (nSPS) is 15.8. The van der Waals surface area contributed by atoms with Gasteiger partial charge in [-0.2, -0.15) is 0 Å². The largest absolute Gasteiger partial charge is 0.364 e. The lowest BCUT2D eigenvalue weighted by Crippen LogP contribution is -2.37. The highest BCUT2D eigenvalue weighted by molar-refractivity contribution is 14.0. The molecule has 1 aliphatic rings. The molecule has 1 aliphatic carbocycles. The van der Waals surface area contributed by atoms with E-state index in [0.717, 1.165) is 24.1 Å². The average Bonchev–Trinajstić information content (AvgIpc) is 3.14. The van der Waals surface area contributed by atoms with Crippen LogP contribution in [0.25, 0.3) is 0 Å². The minimum Gasteiger partial charge on any atom is -0.364 e. The van der Waals surface area contributed by atoms with Crippen molar-refractivity contribution in [3.63, 3.8) is 0 Å². The van der Waals surface area contributed by atoms with Crippen molar-refractivity contribution in [3.05, 3.63) is 18.0 Å². The molecule has 1 aromatic heterocycles. The number of halogens is 1. The maximum atomic E-state index is 4.79. The predicted molar refractivity (Wildman–Crippen MR) is 95.9 cm³/mol. The van der Waals surface area contributed by atoms with Crippen molar-refractivity contribution < 1.29 is 4.52 Å². The first kappa shape index (κ1) is 18.3. The van der Waals surface area contributed by atoms with E-state index in [-0.39, 0.29) is 24.0 Å². The van der Waals surface area contributed by atoms with E-state index in [1.165, 1.54) is 44.9 Å². The lowest BCUT2D eigenvalue weighted by molar-refractivity contribution is 0.410. The quantitative estimate of drug-likeness (QED) is 0.316. The van der Waals surface area contributed by atoms with Crippen LogP contribution in [-0.2, 0) is 6.54 Å². The van der Waals surface area contributed by atoms with Gasteiger partial charge in [0.25, 0.3) is 0 Å². The van der Waals surface area contributed by atoms with Gasteiger partial charge in [0.15, 0.2) is 5.96 Å². The molecule has 0 radical (unpaired) electrons. The van der Waals surface area contributed by atoms with E-state index in [1.54, 1.807) is 13.3 Å². The number of rotatable bonds is 7. The third kappa shape index (κ3) is 7.15. The van der Waals surface area contributed by atoms with Crippen LogP contribution < -0.4 is 10.6 Å². The Labute approximate surface area is 144 Å². The monoisotopic (exact) mass is 406 g/mol. The Morgan fingerprint density at radius 1 is 1.33 bits per heavy atom. The molecule has 2 rings (SSSR count). The lowest BCUT2D eigenvalue weighted by Gasteiger charge is -2.12. The van der Waals surface area contributed by atoms with E-state index in [9.17, 15) is 0 Å². The lowest BCUT2D eigenvalue weighted by atomic mass is 10.0. The number of unbranched alkanes of at least 4 members (excludes halogenated alkanes) is 1. The molecule has 0 atom stereocenters. The van der Waals surface area contributed by atoms with Crippen molar-refractivity contribution in [1.29, 1.82) is 0 Å². The summed E-state index contributed by atoms with van der Waals surface area (Å²) in [5.74, 6) is 1.83. The molecule has 0 amide bonds. The molecule has 6 heteroatoms. The Kier molecular flexibility index (Phi) is 9.45. The van der Waals surface area contributed by atoms with Gasteiger partial charge in [-0.1, -0.05) is 43.7 Å². The molecule has 1 saturated carbocycles. The highest BCUT2D eigenvalue weighted by atomic mass is 127. The van der Waals surface area contributed by atoms with Gasteiger partial charge >= 0.3 is 0 Å². The Morgan fingerprint density at radius 3 is 2.81 bits per heavy atom. The van der Waals surface area contributed by atoms with Crippen LogP contribution in [0.1, 0.15) is 50.6 Å². The summed E-state index contributed by atoms with van der Waals surface area (Å²) in [5, 5.41) is 10.4. The molecule has 0 saturated heterocycles. The van der Waals surface area contributed by atoms with Crippen molar-refractivity contribution in [1.82, 2.24) is 15.8 Å². The summed E-state index contributed by atoms with van der Waals surface area (Å²) in [4.78, 5) is 4.20. The molecule has 21 heavy (non-hydrogen) atoms. The van der Waals surface area contributed by atoms with Crippen molar-refractivity contribution in [3.8, 4) is 0 Å². The van der Waals surface area contributed by atoms with E-state index in [4.69, 9.17) is 4.52 Å². The zero-order valence-corrected chi connectivity index (χ0v) is 15.1. The molecule has 1 fully saturated rings. The van der Waals surface area contributed by atoms with E-state index in [2.05, 4.69) is 20.8 Å². The smallest absolute Gasteiger partial charge is 0.191 e. The second kappa shape index (κ2) is 10.9. The summed E-state index contributed by atoms with van der Waals surface area (Å²) in [7, 11) is 1.79. The van der Waals surface area contributed by atoms with Crippen LogP contribution in [0, 0.1) is 5.92 Å². The van der Waals surface area contributed by atoms with E-state index in [0.29, 0.717) is 6.54 Å². The van der Waals surface area contributed by atoms with Crippen LogP contribution in [0.3, 0.4) is 0 Å². The number of nitrogens with zero attached hydrogens (tertiary/aromatic N) is 2. The van der Waals surface area contributed by atoms with Gasteiger partial charge in [-0.15, -0.1) is 24.0 Å². The average molecular weight is 406 g/mol. The Morgan fingerprint density at radius 2 is 2.14 bits per heavy atom. The zero-order valence-electron chi connectivity index (χ0n) is 12.8. The van der Waals surface area contributed by atoms with Gasteiger partial charge in [0, 0.05) is 19.7 Å². The van der Waals surface area contributed by atoms with Crippen molar-refractivity contribution in [2.24, 2.45) is 10.9 Å². The summed E-state index contributed by atoms with van der Waals surface area (Å²) in [6.07, 6.45) is 11.3. The maximum Gasteiger partial charge on any atom is 0.191 e. The Bertz CT molecular complexity index is 388. The van der Waals surface area contributed by atoms with Gasteiger partial charge in [-0.25, -0.2) is 0 Å². The maximum absolute atomic E-state index is 4.79. The SMILES string of the molecule is CN=C(NCCCCC1CCCC1)NCc1ccon1.I. The van der Waals surface area contributed by atoms with Crippen molar-refractivity contribution in [2.75, 3.05) is 13.6 Å². The fraction of sp³-hybridized carbons (Fsp3) is 0.733. The number of aromatic nitrogens is 1. The van der Waals surface area contributed by atoms with E-state index < -0.39 is 0 Å². The van der Waals surface area contributed by atoms with Gasteiger partial charge in [-0.3, -0.25) is 4.99 Å². The third-order valence-corrected chi connectivity index (χ3v) is 3.96. The standard InChI is InChI=1S/C15H26N4O.HI/c1-16-15(18-12-14-9-11-20-19-14)17-10-5-4-8-13-6-2-3-7-13;/h9,11,13H,2-8,10,12H2,1H3,(H2,16,17,18);1H. The summed E-state index contributed by atoms with van der Waals surface area (Å²) in [6, 6.07) is 1.85. The van der Waals surface area contributed by atoms with Gasteiger partial charge in [-0.05, 0) is 12.3 Å². The summed E-state index contributed by atoms with van der Waals surface area (Å²) < 4.78 is 4.79. The number of hydrogen-bond acceptors (Lipinski definition) is 3. The van der Waals surface area contributed by atoms with Crippen LogP contribution in [0.15, 0.2) is 21.8 Å². The second-order valence-electron chi connectivity index (χ2n) is 5.49. The highest BCUT2D eigenvalue weighted by Crippen LogP contribution is 2.28. The molecule has 1 heterocycles. The van der Waals surface area contributed by atoms with E-state index >= 15 is 0 Å².